The highest BCUT2D eigenvalue weighted by Gasteiger charge is 2.20. The number of aryl methyl sites for hydroxylation is 2. The minimum atomic E-state index is -0.787. The average Bonchev–Trinajstić information content (AvgIpc) is 3.47. The first-order chi connectivity index (χ1) is 15.7. The van der Waals surface area contributed by atoms with Crippen LogP contribution in [0, 0.1) is 0 Å². The number of aliphatic carboxylic acids is 1. The molecule has 0 amide bonds. The number of aromatic nitrogens is 6. The molecule has 0 spiro atoms. The van der Waals surface area contributed by atoms with Crippen molar-refractivity contribution in [2.45, 2.75) is 69.6 Å². The highest BCUT2D eigenvalue weighted by atomic mass is 32.2. The van der Waals surface area contributed by atoms with Gasteiger partial charge in [-0.15, -0.1) is 16.9 Å². The van der Waals surface area contributed by atoms with Crippen LogP contribution >= 0.6 is 11.8 Å². The second-order valence-corrected chi connectivity index (χ2v) is 9.20. The van der Waals surface area contributed by atoms with E-state index in [-0.39, 0.29) is 11.7 Å². The lowest BCUT2D eigenvalue weighted by molar-refractivity contribution is -0.136. The maximum atomic E-state index is 10.9. The fraction of sp³-hybridized carbons (Fsp3) is 0.522. The van der Waals surface area contributed by atoms with Crippen LogP contribution in [0.25, 0.3) is 0 Å². The number of benzene rings is 1. The van der Waals surface area contributed by atoms with Crippen LogP contribution in [0.3, 0.4) is 0 Å². The van der Waals surface area contributed by atoms with Crippen LogP contribution in [0.4, 0.5) is 0 Å². The van der Waals surface area contributed by atoms with E-state index >= 15 is 0 Å². The zero-order valence-electron chi connectivity index (χ0n) is 18.4. The van der Waals surface area contributed by atoms with Crippen molar-refractivity contribution in [3.05, 3.63) is 59.9 Å². The van der Waals surface area contributed by atoms with Gasteiger partial charge in [-0.1, -0.05) is 56.0 Å². The van der Waals surface area contributed by atoms with Crippen LogP contribution in [-0.2, 0) is 24.2 Å². The Bertz CT molecular complexity index is 900. The molecule has 0 aliphatic heterocycles. The summed E-state index contributed by atoms with van der Waals surface area (Å²) in [5.41, 5.74) is 1.43. The summed E-state index contributed by atoms with van der Waals surface area (Å²) in [6.45, 7) is 0.921. The van der Waals surface area contributed by atoms with Gasteiger partial charge in [-0.3, -0.25) is 4.79 Å². The van der Waals surface area contributed by atoms with Crippen molar-refractivity contribution >= 4 is 17.7 Å². The Kier molecular flexibility index (Phi) is 10.2. The van der Waals surface area contributed by atoms with Gasteiger partial charge in [-0.05, 0) is 35.3 Å². The van der Waals surface area contributed by atoms with Gasteiger partial charge in [0.15, 0.2) is 0 Å². The van der Waals surface area contributed by atoms with Gasteiger partial charge in [0.25, 0.3) is 0 Å². The normalized spacial score (nSPS) is 12.1. The van der Waals surface area contributed by atoms with Crippen molar-refractivity contribution in [3.63, 3.8) is 0 Å². The summed E-state index contributed by atoms with van der Waals surface area (Å²) in [7, 11) is 0. The lowest BCUT2D eigenvalue weighted by Crippen LogP contribution is -2.11. The van der Waals surface area contributed by atoms with E-state index in [9.17, 15) is 4.79 Å². The number of nitrogens with zero attached hydrogens (tertiary/aromatic N) is 5. The van der Waals surface area contributed by atoms with Crippen molar-refractivity contribution in [1.82, 2.24) is 30.2 Å². The van der Waals surface area contributed by atoms with Gasteiger partial charge in [-0.25, -0.2) is 10.1 Å². The monoisotopic (exact) mass is 456 g/mol. The molecule has 1 unspecified atom stereocenters. The zero-order valence-corrected chi connectivity index (χ0v) is 19.2. The molecule has 3 rings (SSSR count). The molecule has 0 aliphatic carbocycles. The Hall–Kier alpha value is -2.68. The molecule has 32 heavy (non-hydrogen) atoms. The van der Waals surface area contributed by atoms with Gasteiger partial charge in [0, 0.05) is 31.1 Å². The summed E-state index contributed by atoms with van der Waals surface area (Å²) < 4.78 is 2.19. The van der Waals surface area contributed by atoms with E-state index in [0.717, 1.165) is 18.8 Å². The first-order valence-corrected chi connectivity index (χ1v) is 12.4. The SMILES string of the molecule is O=C(O)CCSC(Cc1nnn[nH]1)c1nccn1CCCCCCCCc1ccccc1. The summed E-state index contributed by atoms with van der Waals surface area (Å²) in [4.78, 5) is 15.5. The molecular weight excluding hydrogens is 424 g/mol. The second-order valence-electron chi connectivity index (χ2n) is 7.89. The molecular formula is C23H32N6O2S. The fourth-order valence-electron chi connectivity index (χ4n) is 3.72. The lowest BCUT2D eigenvalue weighted by atomic mass is 10.0. The molecule has 8 nitrogen and oxygen atoms in total. The highest BCUT2D eigenvalue weighted by Crippen LogP contribution is 2.31. The lowest BCUT2D eigenvalue weighted by Gasteiger charge is -2.17. The number of carboxylic acids is 1. The first kappa shape index (κ1) is 24.0. The van der Waals surface area contributed by atoms with Crippen molar-refractivity contribution in [1.29, 1.82) is 0 Å². The molecule has 1 aromatic carbocycles. The van der Waals surface area contributed by atoms with Gasteiger partial charge in [0.1, 0.15) is 11.6 Å². The van der Waals surface area contributed by atoms with Crippen LogP contribution in [-0.4, -0.2) is 47.0 Å². The third-order valence-corrected chi connectivity index (χ3v) is 6.62. The van der Waals surface area contributed by atoms with Crippen LogP contribution in [0.5, 0.6) is 0 Å². The Morgan fingerprint density at radius 3 is 2.62 bits per heavy atom. The predicted molar refractivity (Wildman–Crippen MR) is 125 cm³/mol. The van der Waals surface area contributed by atoms with E-state index in [1.807, 2.05) is 12.4 Å². The van der Waals surface area contributed by atoms with Crippen LogP contribution in [0.2, 0.25) is 0 Å². The predicted octanol–water partition coefficient (Wildman–Crippen LogP) is 4.47. The standard InChI is InChI=1S/C23H32N6O2S/c30-22(31)13-17-32-20(18-21-25-27-28-26-21)23-24-14-16-29(23)15-9-4-2-1-3-6-10-19-11-7-5-8-12-19/h5,7-8,11-12,14,16,20H,1-4,6,9-10,13,15,17-18H2,(H,30,31)(H,25,26,27,28). The molecule has 1 atom stereocenters. The minimum absolute atomic E-state index is 0.0112. The molecule has 3 aromatic rings. The Morgan fingerprint density at radius 2 is 1.88 bits per heavy atom. The van der Waals surface area contributed by atoms with E-state index in [0.29, 0.717) is 18.0 Å². The number of tetrazole rings is 1. The molecule has 9 heteroatoms. The Morgan fingerprint density at radius 1 is 1.09 bits per heavy atom. The largest absolute Gasteiger partial charge is 0.481 e. The third kappa shape index (κ3) is 8.45. The average molecular weight is 457 g/mol. The summed E-state index contributed by atoms with van der Waals surface area (Å²) >= 11 is 1.59. The van der Waals surface area contributed by atoms with Crippen LogP contribution < -0.4 is 0 Å². The number of carbonyl (C=O) groups is 1. The zero-order chi connectivity index (χ0) is 22.4. The van der Waals surface area contributed by atoms with E-state index < -0.39 is 5.97 Å². The van der Waals surface area contributed by atoms with E-state index in [2.05, 4.69) is 60.5 Å². The van der Waals surface area contributed by atoms with E-state index in [1.54, 1.807) is 11.8 Å². The van der Waals surface area contributed by atoms with Crippen molar-refractivity contribution < 1.29 is 9.90 Å². The number of hydrogen-bond donors (Lipinski definition) is 2. The molecule has 2 N–H and O–H groups in total. The van der Waals surface area contributed by atoms with Crippen molar-refractivity contribution in [2.75, 3.05) is 5.75 Å². The van der Waals surface area contributed by atoms with Gasteiger partial charge in [0.2, 0.25) is 0 Å². The third-order valence-electron chi connectivity index (χ3n) is 5.40. The van der Waals surface area contributed by atoms with Crippen LogP contribution in [0.1, 0.15) is 67.4 Å². The molecule has 0 saturated carbocycles. The molecule has 2 aromatic heterocycles. The summed E-state index contributed by atoms with van der Waals surface area (Å²) in [6, 6.07) is 10.7. The summed E-state index contributed by atoms with van der Waals surface area (Å²) in [5, 5.41) is 23.1. The van der Waals surface area contributed by atoms with Gasteiger partial charge < -0.3 is 9.67 Å². The van der Waals surface area contributed by atoms with Gasteiger partial charge in [-0.2, -0.15) is 0 Å². The number of H-pyrrole nitrogens is 1. The Balaban J connectivity index is 1.39. The number of carboxylic acid groups (broad SMARTS) is 1. The molecule has 0 radical (unpaired) electrons. The van der Waals surface area contributed by atoms with Crippen molar-refractivity contribution in [3.8, 4) is 0 Å². The highest BCUT2D eigenvalue weighted by molar-refractivity contribution is 7.99. The number of thioether (sulfide) groups is 1. The number of nitrogens with one attached hydrogen (secondary N) is 1. The molecule has 0 saturated heterocycles. The smallest absolute Gasteiger partial charge is 0.304 e. The minimum Gasteiger partial charge on any atom is -0.481 e. The molecule has 0 aliphatic rings. The van der Waals surface area contributed by atoms with Gasteiger partial charge in [0.05, 0.1) is 11.7 Å². The first-order valence-electron chi connectivity index (χ1n) is 11.3. The van der Waals surface area contributed by atoms with E-state index in [1.165, 1.54) is 44.1 Å². The molecule has 172 valence electrons. The maximum Gasteiger partial charge on any atom is 0.304 e. The van der Waals surface area contributed by atoms with Crippen molar-refractivity contribution in [2.24, 2.45) is 0 Å². The number of rotatable bonds is 16. The molecule has 0 bridgehead atoms. The number of hydrogen-bond acceptors (Lipinski definition) is 6. The van der Waals surface area contributed by atoms with Crippen LogP contribution in [0.15, 0.2) is 42.7 Å². The quantitative estimate of drug-likeness (QED) is 0.306. The molecule has 2 heterocycles. The second kappa shape index (κ2) is 13.7. The molecule has 0 fully saturated rings. The Labute approximate surface area is 193 Å². The topological polar surface area (TPSA) is 110 Å². The fourth-order valence-corrected chi connectivity index (χ4v) is 4.91. The summed E-state index contributed by atoms with van der Waals surface area (Å²) in [6.07, 6.45) is 13.1. The van der Waals surface area contributed by atoms with E-state index in [4.69, 9.17) is 5.11 Å². The van der Waals surface area contributed by atoms with Gasteiger partial charge >= 0.3 is 5.97 Å². The number of aromatic amines is 1. The maximum absolute atomic E-state index is 10.9. The summed E-state index contributed by atoms with van der Waals surface area (Å²) in [5.74, 6) is 1.38. The number of unbranched alkanes of at least 4 members (excludes halogenated alkanes) is 5. The number of imidazole rings is 1.